The van der Waals surface area contributed by atoms with E-state index in [0.717, 1.165) is 17.6 Å². The van der Waals surface area contributed by atoms with Crippen LogP contribution >= 0.6 is 11.8 Å². The van der Waals surface area contributed by atoms with Crippen molar-refractivity contribution in [1.82, 2.24) is 0 Å². The molecule has 0 spiro atoms. The maximum atomic E-state index is 2.34. The number of hydrogen-bond acceptors (Lipinski definition) is 1. The molecule has 1 fully saturated rings. The van der Waals surface area contributed by atoms with Gasteiger partial charge in [0.15, 0.2) is 0 Å². The number of hydrogen-bond donors (Lipinski definition) is 0. The van der Waals surface area contributed by atoms with Crippen molar-refractivity contribution in [1.29, 1.82) is 0 Å². The average molecular weight is 202 g/mol. The van der Waals surface area contributed by atoms with Gasteiger partial charge in [-0.2, -0.15) is 0 Å². The summed E-state index contributed by atoms with van der Waals surface area (Å²) in [5.74, 6) is 0.929. The molecule has 3 aliphatic rings. The lowest BCUT2D eigenvalue weighted by Gasteiger charge is -2.03. The summed E-state index contributed by atoms with van der Waals surface area (Å²) >= 11 is 2.06. The quantitative estimate of drug-likeness (QED) is 0.655. The summed E-state index contributed by atoms with van der Waals surface area (Å²) in [5, 5.41) is 0.881. The molecule has 2 unspecified atom stereocenters. The Kier molecular flexibility index (Phi) is 1.94. The van der Waals surface area contributed by atoms with E-state index < -0.39 is 0 Å². The molecule has 3 rings (SSSR count). The number of rotatable bonds is 2. The summed E-state index contributed by atoms with van der Waals surface area (Å²) in [6.07, 6.45) is 13.9. The van der Waals surface area contributed by atoms with Gasteiger partial charge in [0, 0.05) is 10.2 Å². The maximum absolute atomic E-state index is 2.34. The Morgan fingerprint density at radius 3 is 2.93 bits per heavy atom. The lowest BCUT2D eigenvalue weighted by Crippen LogP contribution is -1.82. The van der Waals surface area contributed by atoms with E-state index in [1.54, 1.807) is 0 Å². The van der Waals surface area contributed by atoms with E-state index in [1.165, 1.54) is 22.5 Å². The van der Waals surface area contributed by atoms with Crippen molar-refractivity contribution in [2.24, 2.45) is 5.92 Å². The first-order valence-electron chi connectivity index (χ1n) is 5.29. The average Bonchev–Trinajstić information content (AvgIpc) is 2.69. The topological polar surface area (TPSA) is 0 Å². The van der Waals surface area contributed by atoms with Gasteiger partial charge in [0.1, 0.15) is 0 Å². The molecule has 0 saturated heterocycles. The Hall–Kier alpha value is -0.690. The number of allylic oxidation sites excluding steroid dienone is 7. The fourth-order valence-corrected chi connectivity index (χ4v) is 3.29. The minimum Gasteiger partial charge on any atom is -0.122 e. The SMILES string of the molecule is CC1CC1SC1=C2C=CC(=C2)CC=C1. The van der Waals surface area contributed by atoms with Gasteiger partial charge >= 0.3 is 0 Å². The second kappa shape index (κ2) is 3.16. The largest absolute Gasteiger partial charge is 0.122 e. The van der Waals surface area contributed by atoms with E-state index in [0.29, 0.717) is 0 Å². The van der Waals surface area contributed by atoms with Crippen LogP contribution in [0.2, 0.25) is 0 Å². The lowest BCUT2D eigenvalue weighted by molar-refractivity contribution is 0.988. The minimum atomic E-state index is 0.881. The van der Waals surface area contributed by atoms with Crippen LogP contribution in [0.4, 0.5) is 0 Å². The van der Waals surface area contributed by atoms with Gasteiger partial charge < -0.3 is 0 Å². The standard InChI is InChI=1S/C13H14S/c1-9-7-13(9)14-12-4-2-3-10-5-6-11(12)8-10/h2,4-6,8-9,13H,3,7H2,1H3. The summed E-state index contributed by atoms with van der Waals surface area (Å²) in [6.45, 7) is 2.34. The molecule has 2 atom stereocenters. The molecule has 1 heteroatoms. The van der Waals surface area contributed by atoms with Gasteiger partial charge in [0.25, 0.3) is 0 Å². The first kappa shape index (κ1) is 8.60. The second-order valence-corrected chi connectivity index (χ2v) is 5.63. The van der Waals surface area contributed by atoms with Crippen molar-refractivity contribution in [2.45, 2.75) is 25.0 Å². The van der Waals surface area contributed by atoms with Crippen molar-refractivity contribution in [3.63, 3.8) is 0 Å². The molecule has 0 aromatic carbocycles. The van der Waals surface area contributed by atoms with Gasteiger partial charge in [-0.15, -0.1) is 11.8 Å². The lowest BCUT2D eigenvalue weighted by atomic mass is 10.2. The summed E-state index contributed by atoms with van der Waals surface area (Å²) in [5.41, 5.74) is 2.88. The zero-order chi connectivity index (χ0) is 9.54. The van der Waals surface area contributed by atoms with E-state index in [-0.39, 0.29) is 0 Å². The van der Waals surface area contributed by atoms with Gasteiger partial charge in [-0.1, -0.05) is 37.3 Å². The van der Waals surface area contributed by atoms with Crippen LogP contribution in [0.25, 0.3) is 0 Å². The molecule has 0 aromatic heterocycles. The Morgan fingerprint density at radius 2 is 2.14 bits per heavy atom. The zero-order valence-corrected chi connectivity index (χ0v) is 9.18. The number of thioether (sulfide) groups is 1. The van der Waals surface area contributed by atoms with Gasteiger partial charge in [0.2, 0.25) is 0 Å². The highest BCUT2D eigenvalue weighted by molar-refractivity contribution is 8.04. The third-order valence-electron chi connectivity index (χ3n) is 3.04. The molecule has 0 radical (unpaired) electrons. The predicted molar refractivity (Wildman–Crippen MR) is 63.2 cm³/mol. The van der Waals surface area contributed by atoms with Crippen LogP contribution < -0.4 is 0 Å². The van der Waals surface area contributed by atoms with Crippen LogP contribution in [0.1, 0.15) is 19.8 Å². The highest BCUT2D eigenvalue weighted by atomic mass is 32.2. The fraction of sp³-hybridized carbons (Fsp3) is 0.385. The molecule has 0 nitrogen and oxygen atoms in total. The van der Waals surface area contributed by atoms with Crippen LogP contribution in [-0.4, -0.2) is 5.25 Å². The van der Waals surface area contributed by atoms with Crippen LogP contribution in [-0.2, 0) is 0 Å². The third kappa shape index (κ3) is 1.50. The maximum Gasteiger partial charge on any atom is 0.0144 e. The predicted octanol–water partition coefficient (Wildman–Crippen LogP) is 3.84. The van der Waals surface area contributed by atoms with Crippen molar-refractivity contribution in [3.8, 4) is 0 Å². The van der Waals surface area contributed by atoms with Crippen LogP contribution in [0, 0.1) is 5.92 Å². The van der Waals surface area contributed by atoms with Crippen molar-refractivity contribution >= 4 is 11.8 Å². The highest BCUT2D eigenvalue weighted by Crippen LogP contribution is 2.46. The van der Waals surface area contributed by atoms with Gasteiger partial charge in [-0.25, -0.2) is 0 Å². The Balaban J connectivity index is 1.86. The van der Waals surface area contributed by atoms with Crippen LogP contribution in [0.3, 0.4) is 0 Å². The molecule has 72 valence electrons. The van der Waals surface area contributed by atoms with Gasteiger partial charge in [-0.05, 0) is 29.9 Å². The third-order valence-corrected chi connectivity index (χ3v) is 4.62. The van der Waals surface area contributed by atoms with E-state index in [4.69, 9.17) is 0 Å². The zero-order valence-electron chi connectivity index (χ0n) is 8.36. The molecular weight excluding hydrogens is 188 g/mol. The molecule has 0 N–H and O–H groups in total. The van der Waals surface area contributed by atoms with Crippen molar-refractivity contribution in [3.05, 3.63) is 46.4 Å². The smallest absolute Gasteiger partial charge is 0.0144 e. The van der Waals surface area contributed by atoms with Crippen molar-refractivity contribution < 1.29 is 0 Å². The Bertz CT molecular complexity index is 382. The second-order valence-electron chi connectivity index (χ2n) is 4.35. The van der Waals surface area contributed by atoms with Crippen LogP contribution in [0.5, 0.6) is 0 Å². The summed E-state index contributed by atoms with van der Waals surface area (Å²) < 4.78 is 0. The minimum absolute atomic E-state index is 0.881. The Morgan fingerprint density at radius 1 is 1.29 bits per heavy atom. The molecular formula is C13H14S. The monoisotopic (exact) mass is 202 g/mol. The molecule has 1 saturated carbocycles. The van der Waals surface area contributed by atoms with Crippen molar-refractivity contribution in [2.75, 3.05) is 0 Å². The fourth-order valence-electron chi connectivity index (χ4n) is 1.89. The van der Waals surface area contributed by atoms with Gasteiger partial charge in [0.05, 0.1) is 0 Å². The van der Waals surface area contributed by atoms with E-state index in [2.05, 4.69) is 49.1 Å². The first-order chi connectivity index (χ1) is 6.83. The molecule has 14 heavy (non-hydrogen) atoms. The number of fused-ring (bicyclic) bond motifs is 1. The summed E-state index contributed by atoms with van der Waals surface area (Å²) in [6, 6.07) is 0. The van der Waals surface area contributed by atoms with Gasteiger partial charge in [-0.3, -0.25) is 0 Å². The summed E-state index contributed by atoms with van der Waals surface area (Å²) in [4.78, 5) is 1.48. The van der Waals surface area contributed by atoms with E-state index in [9.17, 15) is 0 Å². The van der Waals surface area contributed by atoms with E-state index in [1.807, 2.05) is 0 Å². The molecule has 0 aromatic rings. The first-order valence-corrected chi connectivity index (χ1v) is 6.17. The Labute approximate surface area is 89.5 Å². The molecule has 3 aliphatic carbocycles. The molecule has 0 aliphatic heterocycles. The molecule has 0 heterocycles. The molecule has 0 amide bonds. The highest BCUT2D eigenvalue weighted by Gasteiger charge is 2.34. The normalized spacial score (nSPS) is 33.4. The van der Waals surface area contributed by atoms with Crippen LogP contribution in [0.15, 0.2) is 46.4 Å². The molecule has 2 bridgehead atoms. The summed E-state index contributed by atoms with van der Waals surface area (Å²) in [7, 11) is 0. The van der Waals surface area contributed by atoms with E-state index >= 15 is 0 Å².